The van der Waals surface area contributed by atoms with E-state index in [1.165, 1.54) is 6.42 Å². The number of nitrogens with one attached hydrogen (secondary N) is 1. The summed E-state index contributed by atoms with van der Waals surface area (Å²) in [4.78, 5) is 15.0. The Morgan fingerprint density at radius 3 is 1.96 bits per heavy atom. The summed E-state index contributed by atoms with van der Waals surface area (Å²) in [5.74, 6) is 1.97. The molecule has 136 valence electrons. The Hall–Kier alpha value is -2.29. The Balaban J connectivity index is 1.56. The van der Waals surface area contributed by atoms with Crippen molar-refractivity contribution >= 4 is 17.4 Å². The number of hydrogen-bond donors (Lipinski definition) is 1. The van der Waals surface area contributed by atoms with Crippen LogP contribution in [0.25, 0.3) is 0 Å². The van der Waals surface area contributed by atoms with Crippen molar-refractivity contribution in [2.24, 2.45) is 23.2 Å². The summed E-state index contributed by atoms with van der Waals surface area (Å²) in [5, 5.41) is 3.35. The van der Waals surface area contributed by atoms with Crippen LogP contribution >= 0.6 is 0 Å². The molecule has 0 aromatic heterocycles. The molecule has 26 heavy (non-hydrogen) atoms. The van der Waals surface area contributed by atoms with Gasteiger partial charge < -0.3 is 5.32 Å². The molecular weight excluding hydrogens is 320 g/mol. The summed E-state index contributed by atoms with van der Waals surface area (Å²) in [6.45, 7) is 7.09. The van der Waals surface area contributed by atoms with Gasteiger partial charge in [-0.15, -0.1) is 0 Å². The highest BCUT2D eigenvalue weighted by atomic mass is 16.2. The van der Waals surface area contributed by atoms with Crippen LogP contribution in [-0.4, -0.2) is 12.1 Å². The normalized spacial score (nSPS) is 28.7. The van der Waals surface area contributed by atoms with Crippen LogP contribution in [-0.2, 0) is 0 Å². The highest BCUT2D eigenvalue weighted by molar-refractivity contribution is 5.99. The average Bonchev–Trinajstić information content (AvgIpc) is 2.65. The van der Waals surface area contributed by atoms with Crippen LogP contribution in [0.4, 0.5) is 16.2 Å². The van der Waals surface area contributed by atoms with E-state index >= 15 is 0 Å². The summed E-state index contributed by atoms with van der Waals surface area (Å²) in [5.41, 5.74) is 2.22. The number of rotatable bonds is 3. The fourth-order valence-electron chi connectivity index (χ4n) is 5.10. The SMILES string of the molecule is C[C@@H]1[C@H]2C[C@@H](C[C@H]1NC(=O)N(c1ccccc1)c1ccccc1)C2(C)C. The van der Waals surface area contributed by atoms with E-state index in [1.54, 1.807) is 4.90 Å². The zero-order valence-electron chi connectivity index (χ0n) is 15.9. The number of benzene rings is 2. The highest BCUT2D eigenvalue weighted by Gasteiger charge is 2.56. The number of amides is 2. The second-order valence-electron chi connectivity index (χ2n) is 8.52. The predicted octanol–water partition coefficient (Wildman–Crippen LogP) is 5.61. The minimum absolute atomic E-state index is 0.0293. The first-order valence-electron chi connectivity index (χ1n) is 9.69. The van der Waals surface area contributed by atoms with Crippen molar-refractivity contribution in [1.82, 2.24) is 5.32 Å². The molecule has 0 heterocycles. The molecule has 0 unspecified atom stereocenters. The standard InChI is InChI=1S/C23H28N2O/c1-16-20-14-17(23(20,2)3)15-21(16)24-22(26)25(18-10-6-4-7-11-18)19-12-8-5-9-13-19/h4-13,16-17,20-21H,14-15H2,1-3H3,(H,24,26)/t16-,17+,20-,21-/m1/s1. The first-order chi connectivity index (χ1) is 12.5. The molecule has 0 aliphatic heterocycles. The van der Waals surface area contributed by atoms with Gasteiger partial charge in [-0.1, -0.05) is 57.2 Å². The van der Waals surface area contributed by atoms with Gasteiger partial charge in [0, 0.05) is 6.04 Å². The Morgan fingerprint density at radius 1 is 0.962 bits per heavy atom. The summed E-state index contributed by atoms with van der Waals surface area (Å²) in [6, 6.07) is 20.0. The van der Waals surface area contributed by atoms with Gasteiger partial charge in [0.05, 0.1) is 11.4 Å². The molecule has 2 aromatic carbocycles. The molecular formula is C23H28N2O. The number of urea groups is 1. The number of nitrogens with zero attached hydrogens (tertiary/aromatic N) is 1. The van der Waals surface area contributed by atoms with Gasteiger partial charge >= 0.3 is 6.03 Å². The third kappa shape index (κ3) is 2.80. The van der Waals surface area contributed by atoms with Crippen molar-refractivity contribution in [3.8, 4) is 0 Å². The first-order valence-corrected chi connectivity index (χ1v) is 9.69. The third-order valence-electron chi connectivity index (χ3n) is 6.89. The van der Waals surface area contributed by atoms with Crippen LogP contribution in [0.3, 0.4) is 0 Å². The van der Waals surface area contributed by atoms with E-state index < -0.39 is 0 Å². The Bertz CT molecular complexity index is 732. The van der Waals surface area contributed by atoms with Gasteiger partial charge in [-0.2, -0.15) is 0 Å². The molecule has 0 spiro atoms. The zero-order valence-corrected chi connectivity index (χ0v) is 15.9. The molecule has 0 saturated heterocycles. The van der Waals surface area contributed by atoms with Crippen molar-refractivity contribution < 1.29 is 4.79 Å². The van der Waals surface area contributed by atoms with Crippen LogP contribution in [0, 0.1) is 23.2 Å². The fourth-order valence-corrected chi connectivity index (χ4v) is 5.10. The second kappa shape index (κ2) is 6.46. The molecule has 5 rings (SSSR count). The average molecular weight is 348 g/mol. The number of fused-ring (bicyclic) bond motifs is 2. The molecule has 1 N–H and O–H groups in total. The van der Waals surface area contributed by atoms with Crippen molar-refractivity contribution in [3.63, 3.8) is 0 Å². The van der Waals surface area contributed by atoms with Crippen LogP contribution < -0.4 is 10.2 Å². The lowest BCUT2D eigenvalue weighted by Gasteiger charge is -2.62. The second-order valence-corrected chi connectivity index (χ2v) is 8.52. The summed E-state index contributed by atoms with van der Waals surface area (Å²) >= 11 is 0. The topological polar surface area (TPSA) is 32.3 Å². The van der Waals surface area contributed by atoms with Crippen LogP contribution in [0.2, 0.25) is 0 Å². The Kier molecular flexibility index (Phi) is 4.26. The lowest BCUT2D eigenvalue weighted by molar-refractivity contribution is -0.112. The van der Waals surface area contributed by atoms with Gasteiger partial charge in [0.2, 0.25) is 0 Å². The fraction of sp³-hybridized carbons (Fsp3) is 0.435. The maximum Gasteiger partial charge on any atom is 0.326 e. The van der Waals surface area contributed by atoms with Crippen LogP contribution in [0.15, 0.2) is 60.7 Å². The maximum atomic E-state index is 13.3. The molecule has 3 nitrogen and oxygen atoms in total. The van der Waals surface area contributed by atoms with Crippen molar-refractivity contribution in [1.29, 1.82) is 0 Å². The summed E-state index contributed by atoms with van der Waals surface area (Å²) in [6.07, 6.45) is 2.41. The van der Waals surface area contributed by atoms with Gasteiger partial charge in [-0.05, 0) is 60.3 Å². The molecule has 2 aromatic rings. The molecule has 2 amide bonds. The number of carbonyl (C=O) groups is 1. The van der Waals surface area contributed by atoms with E-state index in [0.717, 1.165) is 23.7 Å². The Labute approximate surface area is 156 Å². The Morgan fingerprint density at radius 2 is 1.50 bits per heavy atom. The highest BCUT2D eigenvalue weighted by Crippen LogP contribution is 2.61. The van der Waals surface area contributed by atoms with Gasteiger partial charge in [0.1, 0.15) is 0 Å². The van der Waals surface area contributed by atoms with Gasteiger partial charge in [0.25, 0.3) is 0 Å². The van der Waals surface area contributed by atoms with Gasteiger partial charge in [-0.3, -0.25) is 4.90 Å². The minimum atomic E-state index is -0.0293. The summed E-state index contributed by atoms with van der Waals surface area (Å²) < 4.78 is 0. The largest absolute Gasteiger partial charge is 0.334 e. The lowest BCUT2D eigenvalue weighted by Crippen LogP contribution is -2.61. The molecule has 4 atom stereocenters. The number of anilines is 2. The molecule has 3 aliphatic rings. The molecule has 0 radical (unpaired) electrons. The van der Waals surface area contributed by atoms with E-state index in [0.29, 0.717) is 17.3 Å². The monoisotopic (exact) mass is 348 g/mol. The number of hydrogen-bond acceptors (Lipinski definition) is 1. The van der Waals surface area contributed by atoms with Crippen molar-refractivity contribution in [2.45, 2.75) is 39.7 Å². The van der Waals surface area contributed by atoms with E-state index in [2.05, 4.69) is 26.1 Å². The minimum Gasteiger partial charge on any atom is -0.334 e. The third-order valence-corrected chi connectivity index (χ3v) is 6.89. The number of para-hydroxylation sites is 2. The lowest BCUT2D eigenvalue weighted by atomic mass is 9.45. The van der Waals surface area contributed by atoms with E-state index in [9.17, 15) is 4.79 Å². The first kappa shape index (κ1) is 17.1. The molecule has 3 saturated carbocycles. The molecule has 3 heteroatoms. The quantitative estimate of drug-likeness (QED) is 0.769. The van der Waals surface area contributed by atoms with Crippen LogP contribution in [0.5, 0.6) is 0 Å². The number of carbonyl (C=O) groups excluding carboxylic acids is 1. The van der Waals surface area contributed by atoms with E-state index in [-0.39, 0.29) is 12.1 Å². The van der Waals surface area contributed by atoms with Crippen LogP contribution in [0.1, 0.15) is 33.6 Å². The molecule has 2 bridgehead atoms. The van der Waals surface area contributed by atoms with Crippen molar-refractivity contribution in [2.75, 3.05) is 4.90 Å². The predicted molar refractivity (Wildman–Crippen MR) is 107 cm³/mol. The smallest absolute Gasteiger partial charge is 0.326 e. The summed E-state index contributed by atoms with van der Waals surface area (Å²) in [7, 11) is 0. The molecule has 3 fully saturated rings. The zero-order chi connectivity index (χ0) is 18.3. The van der Waals surface area contributed by atoms with Gasteiger partial charge in [0.15, 0.2) is 0 Å². The van der Waals surface area contributed by atoms with Gasteiger partial charge in [-0.25, -0.2) is 4.79 Å². The van der Waals surface area contributed by atoms with Crippen molar-refractivity contribution in [3.05, 3.63) is 60.7 Å². The molecule has 3 aliphatic carbocycles. The van der Waals surface area contributed by atoms with E-state index in [4.69, 9.17) is 0 Å². The van der Waals surface area contributed by atoms with E-state index in [1.807, 2.05) is 60.7 Å². The maximum absolute atomic E-state index is 13.3.